The molecule has 1 saturated carbocycles. The van der Waals surface area contributed by atoms with Crippen molar-refractivity contribution in [2.75, 3.05) is 0 Å². The van der Waals surface area contributed by atoms with E-state index in [4.69, 9.17) is 11.6 Å². The van der Waals surface area contributed by atoms with E-state index >= 15 is 0 Å². The summed E-state index contributed by atoms with van der Waals surface area (Å²) >= 11 is 6.12. The van der Waals surface area contributed by atoms with Gasteiger partial charge in [0.1, 0.15) is 5.82 Å². The Morgan fingerprint density at radius 2 is 1.84 bits per heavy atom. The van der Waals surface area contributed by atoms with Crippen molar-refractivity contribution in [3.8, 4) is 0 Å². The minimum atomic E-state index is -0.971. The SMILES string of the molecule is CC(C)(C)C1CCC(O)(c2cc(F)ccc2Cl)CC1. The molecule has 0 saturated heterocycles. The first-order valence-corrected chi connectivity index (χ1v) is 7.28. The third-order valence-corrected chi connectivity index (χ3v) is 4.80. The zero-order valence-electron chi connectivity index (χ0n) is 11.8. The van der Waals surface area contributed by atoms with E-state index in [0.717, 1.165) is 12.8 Å². The Balaban J connectivity index is 2.20. The van der Waals surface area contributed by atoms with Crippen molar-refractivity contribution >= 4 is 11.6 Å². The summed E-state index contributed by atoms with van der Waals surface area (Å²) in [5, 5.41) is 11.2. The molecule has 0 unspecified atom stereocenters. The van der Waals surface area contributed by atoms with Crippen LogP contribution in [0.1, 0.15) is 52.0 Å². The monoisotopic (exact) mass is 284 g/mol. The van der Waals surface area contributed by atoms with E-state index in [9.17, 15) is 9.50 Å². The fraction of sp³-hybridized carbons (Fsp3) is 0.625. The molecule has 1 aliphatic rings. The van der Waals surface area contributed by atoms with Crippen molar-refractivity contribution in [1.29, 1.82) is 0 Å². The van der Waals surface area contributed by atoms with Crippen LogP contribution in [0, 0.1) is 17.2 Å². The topological polar surface area (TPSA) is 20.2 Å². The van der Waals surface area contributed by atoms with Crippen LogP contribution in [-0.2, 0) is 5.60 Å². The van der Waals surface area contributed by atoms with Crippen LogP contribution >= 0.6 is 11.6 Å². The maximum absolute atomic E-state index is 13.4. The molecule has 1 aliphatic carbocycles. The molecule has 19 heavy (non-hydrogen) atoms. The summed E-state index contributed by atoms with van der Waals surface area (Å²) in [6, 6.07) is 4.23. The van der Waals surface area contributed by atoms with E-state index < -0.39 is 5.60 Å². The maximum atomic E-state index is 13.4. The lowest BCUT2D eigenvalue weighted by Gasteiger charge is -2.41. The third-order valence-electron chi connectivity index (χ3n) is 4.47. The molecule has 106 valence electrons. The second kappa shape index (κ2) is 5.06. The van der Waals surface area contributed by atoms with Gasteiger partial charge in [-0.25, -0.2) is 4.39 Å². The smallest absolute Gasteiger partial charge is 0.123 e. The van der Waals surface area contributed by atoms with Gasteiger partial charge in [0.25, 0.3) is 0 Å². The lowest BCUT2D eigenvalue weighted by atomic mass is 9.67. The molecule has 0 amide bonds. The average molecular weight is 285 g/mol. The Morgan fingerprint density at radius 3 is 2.37 bits per heavy atom. The van der Waals surface area contributed by atoms with Crippen LogP contribution in [0.15, 0.2) is 18.2 Å². The molecule has 0 atom stereocenters. The van der Waals surface area contributed by atoms with Crippen LogP contribution in [0.25, 0.3) is 0 Å². The van der Waals surface area contributed by atoms with Gasteiger partial charge in [0.15, 0.2) is 0 Å². The van der Waals surface area contributed by atoms with Crippen LogP contribution in [-0.4, -0.2) is 5.11 Å². The van der Waals surface area contributed by atoms with Crippen LogP contribution < -0.4 is 0 Å². The predicted molar refractivity (Wildman–Crippen MR) is 76.7 cm³/mol. The lowest BCUT2D eigenvalue weighted by molar-refractivity contribution is -0.0299. The summed E-state index contributed by atoms with van der Waals surface area (Å²) < 4.78 is 13.4. The molecule has 0 bridgehead atoms. The zero-order valence-corrected chi connectivity index (χ0v) is 12.6. The van der Waals surface area contributed by atoms with Crippen LogP contribution in [0.5, 0.6) is 0 Å². The minimum Gasteiger partial charge on any atom is -0.385 e. The normalized spacial score (nSPS) is 28.4. The van der Waals surface area contributed by atoms with Gasteiger partial charge < -0.3 is 5.11 Å². The maximum Gasteiger partial charge on any atom is 0.123 e. The largest absolute Gasteiger partial charge is 0.385 e. The van der Waals surface area contributed by atoms with E-state index in [1.54, 1.807) is 0 Å². The first-order valence-electron chi connectivity index (χ1n) is 6.90. The Kier molecular flexibility index (Phi) is 3.95. The van der Waals surface area contributed by atoms with Gasteiger partial charge in [-0.3, -0.25) is 0 Å². The average Bonchev–Trinajstić information content (AvgIpc) is 2.31. The highest BCUT2D eigenvalue weighted by molar-refractivity contribution is 6.31. The lowest BCUT2D eigenvalue weighted by Crippen LogP contribution is -2.35. The quantitative estimate of drug-likeness (QED) is 0.777. The summed E-state index contributed by atoms with van der Waals surface area (Å²) in [6.45, 7) is 6.70. The molecule has 0 spiro atoms. The van der Waals surface area contributed by atoms with E-state index in [1.807, 2.05) is 0 Å². The standard InChI is InChI=1S/C16H22ClFO/c1-15(2,3)11-6-8-16(19,9-7-11)13-10-12(18)4-5-14(13)17/h4-5,10-11,19H,6-9H2,1-3H3. The summed E-state index contributed by atoms with van der Waals surface area (Å²) in [5.41, 5.74) is -0.171. The molecule has 1 aromatic rings. The van der Waals surface area contributed by atoms with E-state index in [1.165, 1.54) is 18.2 Å². The Hall–Kier alpha value is -0.600. The number of aliphatic hydroxyl groups is 1. The number of hydrogen-bond acceptors (Lipinski definition) is 1. The summed E-state index contributed by atoms with van der Waals surface area (Å²) in [7, 11) is 0. The van der Waals surface area contributed by atoms with Gasteiger partial charge in [-0.05, 0) is 55.2 Å². The fourth-order valence-electron chi connectivity index (χ4n) is 3.08. The van der Waals surface area contributed by atoms with Gasteiger partial charge in [0, 0.05) is 10.6 Å². The van der Waals surface area contributed by atoms with Crippen molar-refractivity contribution in [2.45, 2.75) is 52.1 Å². The third kappa shape index (κ3) is 3.11. The van der Waals surface area contributed by atoms with Gasteiger partial charge in [-0.2, -0.15) is 0 Å². The molecule has 3 heteroatoms. The molecule has 1 nitrogen and oxygen atoms in total. The van der Waals surface area contributed by atoms with Crippen molar-refractivity contribution in [3.63, 3.8) is 0 Å². The van der Waals surface area contributed by atoms with E-state index in [0.29, 0.717) is 29.3 Å². The first-order chi connectivity index (χ1) is 8.72. The molecule has 1 fully saturated rings. The Morgan fingerprint density at radius 1 is 1.26 bits per heavy atom. The Bertz CT molecular complexity index is 456. The first kappa shape index (κ1) is 14.8. The molecule has 0 radical (unpaired) electrons. The summed E-state index contributed by atoms with van der Waals surface area (Å²) in [4.78, 5) is 0. The second-order valence-electron chi connectivity index (χ2n) is 6.80. The molecular formula is C16H22ClFO. The van der Waals surface area contributed by atoms with Crippen molar-refractivity contribution < 1.29 is 9.50 Å². The summed E-state index contributed by atoms with van der Waals surface area (Å²) in [5.74, 6) is 0.255. The van der Waals surface area contributed by atoms with Crippen LogP contribution in [0.4, 0.5) is 4.39 Å². The Labute approximate surface area is 119 Å². The van der Waals surface area contributed by atoms with Crippen molar-refractivity contribution in [2.24, 2.45) is 11.3 Å². The highest BCUT2D eigenvalue weighted by Gasteiger charge is 2.39. The predicted octanol–water partition coefficient (Wildman–Crippen LogP) is 4.90. The number of benzene rings is 1. The van der Waals surface area contributed by atoms with Gasteiger partial charge >= 0.3 is 0 Å². The number of rotatable bonds is 1. The minimum absolute atomic E-state index is 0.257. The van der Waals surface area contributed by atoms with Gasteiger partial charge in [-0.15, -0.1) is 0 Å². The van der Waals surface area contributed by atoms with E-state index in [2.05, 4.69) is 20.8 Å². The fourth-order valence-corrected chi connectivity index (χ4v) is 3.38. The van der Waals surface area contributed by atoms with Crippen LogP contribution in [0.3, 0.4) is 0 Å². The second-order valence-corrected chi connectivity index (χ2v) is 7.20. The molecule has 1 aromatic carbocycles. The molecular weight excluding hydrogens is 263 g/mol. The number of halogens is 2. The zero-order chi connectivity index (χ0) is 14.3. The highest BCUT2D eigenvalue weighted by Crippen LogP contribution is 2.46. The number of hydrogen-bond donors (Lipinski definition) is 1. The summed E-state index contributed by atoms with van der Waals surface area (Å²) in [6.07, 6.45) is 3.20. The van der Waals surface area contributed by atoms with Crippen molar-refractivity contribution in [3.05, 3.63) is 34.6 Å². The van der Waals surface area contributed by atoms with Crippen LogP contribution in [0.2, 0.25) is 5.02 Å². The highest BCUT2D eigenvalue weighted by atomic mass is 35.5. The molecule has 0 aromatic heterocycles. The van der Waals surface area contributed by atoms with Crippen molar-refractivity contribution in [1.82, 2.24) is 0 Å². The molecule has 0 aliphatic heterocycles. The van der Waals surface area contributed by atoms with Gasteiger partial charge in [-0.1, -0.05) is 32.4 Å². The molecule has 2 rings (SSSR count). The molecule has 0 heterocycles. The molecule has 1 N–H and O–H groups in total. The van der Waals surface area contributed by atoms with E-state index in [-0.39, 0.29) is 11.2 Å². The van der Waals surface area contributed by atoms with Gasteiger partial charge in [0.2, 0.25) is 0 Å². The van der Waals surface area contributed by atoms with Gasteiger partial charge in [0.05, 0.1) is 5.60 Å².